The van der Waals surface area contributed by atoms with Crippen LogP contribution in [0, 0.1) is 0 Å². The van der Waals surface area contributed by atoms with E-state index < -0.39 is 10.0 Å². The van der Waals surface area contributed by atoms with E-state index in [9.17, 15) is 8.42 Å². The van der Waals surface area contributed by atoms with Crippen molar-refractivity contribution in [3.05, 3.63) is 22.7 Å². The largest absolute Gasteiger partial charge is 0.370 e. The van der Waals surface area contributed by atoms with Gasteiger partial charge in [-0.05, 0) is 18.2 Å². The van der Waals surface area contributed by atoms with Crippen molar-refractivity contribution in [2.75, 3.05) is 19.0 Å². The highest BCUT2D eigenvalue weighted by Crippen LogP contribution is 2.30. The summed E-state index contributed by atoms with van der Waals surface area (Å²) < 4.78 is 25.7. The van der Waals surface area contributed by atoms with E-state index in [0.717, 1.165) is 4.47 Å². The number of benzene rings is 1. The van der Waals surface area contributed by atoms with Gasteiger partial charge in [-0.3, -0.25) is 0 Å². The second-order valence-electron chi connectivity index (χ2n) is 3.08. The summed E-state index contributed by atoms with van der Waals surface area (Å²) in [6.45, 7) is 0.316. The molecule has 76 valence electrons. The predicted octanol–water partition coefficient (Wildman–Crippen LogP) is 1.45. The Morgan fingerprint density at radius 2 is 2.21 bits per heavy atom. The van der Waals surface area contributed by atoms with Gasteiger partial charge in [-0.25, -0.2) is 8.42 Å². The normalized spacial score (nSPS) is 19.9. The smallest absolute Gasteiger partial charge is 0.246 e. The summed E-state index contributed by atoms with van der Waals surface area (Å²) in [4.78, 5) is 0.320. The molecule has 0 aliphatic carbocycles. The lowest BCUT2D eigenvalue weighted by atomic mass is 10.3. The van der Waals surface area contributed by atoms with Crippen LogP contribution in [0.15, 0.2) is 27.6 Å². The van der Waals surface area contributed by atoms with Crippen LogP contribution >= 0.6 is 15.9 Å². The van der Waals surface area contributed by atoms with Gasteiger partial charge in [-0.1, -0.05) is 15.9 Å². The minimum Gasteiger partial charge on any atom is -0.370 e. The van der Waals surface area contributed by atoms with Crippen LogP contribution in [-0.2, 0) is 10.0 Å². The molecule has 0 atom stereocenters. The fourth-order valence-electron chi connectivity index (χ4n) is 1.31. The van der Waals surface area contributed by atoms with Crippen molar-refractivity contribution in [1.82, 2.24) is 4.31 Å². The summed E-state index contributed by atoms with van der Waals surface area (Å²) in [6.07, 6.45) is 0. The number of hydrogen-bond acceptors (Lipinski definition) is 3. The first-order valence-electron chi connectivity index (χ1n) is 4.01. The fourth-order valence-corrected chi connectivity index (χ4v) is 3.08. The van der Waals surface area contributed by atoms with Gasteiger partial charge in [0.05, 0.1) is 12.4 Å². The van der Waals surface area contributed by atoms with E-state index in [0.29, 0.717) is 17.3 Å². The SMILES string of the molecule is CN1CNc2ccc(Br)cc2S1(=O)=O. The average molecular weight is 277 g/mol. The van der Waals surface area contributed by atoms with Crippen LogP contribution in [0.25, 0.3) is 0 Å². The van der Waals surface area contributed by atoms with Crippen LogP contribution < -0.4 is 5.32 Å². The van der Waals surface area contributed by atoms with Gasteiger partial charge in [0.1, 0.15) is 4.90 Å². The average Bonchev–Trinajstić information content (AvgIpc) is 2.13. The minimum absolute atomic E-state index is 0.316. The Hall–Kier alpha value is -0.590. The molecular weight excluding hydrogens is 268 g/mol. The number of anilines is 1. The highest BCUT2D eigenvalue weighted by Gasteiger charge is 2.28. The van der Waals surface area contributed by atoms with Crippen LogP contribution in [-0.4, -0.2) is 26.4 Å². The molecule has 6 heteroatoms. The monoisotopic (exact) mass is 276 g/mol. The number of halogens is 1. The van der Waals surface area contributed by atoms with Crippen molar-refractivity contribution >= 4 is 31.6 Å². The molecule has 0 saturated carbocycles. The summed E-state index contributed by atoms with van der Waals surface area (Å²) in [7, 11) is -1.75. The molecule has 0 spiro atoms. The van der Waals surface area contributed by atoms with Gasteiger partial charge in [0.15, 0.2) is 0 Å². The Balaban J connectivity index is 2.68. The zero-order valence-electron chi connectivity index (χ0n) is 7.49. The molecule has 1 N–H and O–H groups in total. The maximum absolute atomic E-state index is 11.8. The second-order valence-corrected chi connectivity index (χ2v) is 6.01. The molecule has 4 nitrogen and oxygen atoms in total. The highest BCUT2D eigenvalue weighted by molar-refractivity contribution is 9.10. The maximum Gasteiger partial charge on any atom is 0.246 e. The van der Waals surface area contributed by atoms with E-state index in [1.165, 1.54) is 4.31 Å². The van der Waals surface area contributed by atoms with E-state index in [-0.39, 0.29) is 0 Å². The molecule has 2 rings (SSSR count). The molecule has 0 amide bonds. The first kappa shape index (κ1) is 9.95. The van der Waals surface area contributed by atoms with Crippen LogP contribution in [0.4, 0.5) is 5.69 Å². The number of nitrogens with zero attached hydrogens (tertiary/aromatic N) is 1. The zero-order valence-corrected chi connectivity index (χ0v) is 9.89. The van der Waals surface area contributed by atoms with E-state index in [1.807, 2.05) is 6.07 Å². The Labute approximate surface area is 91.1 Å². The van der Waals surface area contributed by atoms with Gasteiger partial charge in [0.2, 0.25) is 10.0 Å². The molecule has 1 heterocycles. The highest BCUT2D eigenvalue weighted by atomic mass is 79.9. The molecule has 1 aliphatic heterocycles. The Morgan fingerprint density at radius 1 is 1.50 bits per heavy atom. The third kappa shape index (κ3) is 1.43. The predicted molar refractivity (Wildman–Crippen MR) is 57.6 cm³/mol. The zero-order chi connectivity index (χ0) is 10.3. The number of sulfonamides is 1. The number of rotatable bonds is 0. The molecule has 0 fully saturated rings. The van der Waals surface area contributed by atoms with Crippen LogP contribution in [0.5, 0.6) is 0 Å². The summed E-state index contributed by atoms with van der Waals surface area (Å²) in [5, 5.41) is 3.02. The van der Waals surface area contributed by atoms with Crippen molar-refractivity contribution in [1.29, 1.82) is 0 Å². The van der Waals surface area contributed by atoms with Crippen molar-refractivity contribution in [2.45, 2.75) is 4.90 Å². The third-order valence-electron chi connectivity index (χ3n) is 2.12. The lowest BCUT2D eigenvalue weighted by molar-refractivity contribution is 0.482. The molecule has 0 bridgehead atoms. The molecule has 0 unspecified atom stereocenters. The maximum atomic E-state index is 11.8. The Kier molecular flexibility index (Phi) is 2.29. The molecule has 1 aromatic rings. The first-order chi connectivity index (χ1) is 6.51. The van der Waals surface area contributed by atoms with Crippen LogP contribution in [0.2, 0.25) is 0 Å². The molecule has 14 heavy (non-hydrogen) atoms. The molecule has 1 aromatic carbocycles. The van der Waals surface area contributed by atoms with Gasteiger partial charge >= 0.3 is 0 Å². The van der Waals surface area contributed by atoms with Crippen LogP contribution in [0.1, 0.15) is 0 Å². The summed E-state index contributed by atoms with van der Waals surface area (Å²) in [5.41, 5.74) is 0.659. The minimum atomic E-state index is -3.30. The lowest BCUT2D eigenvalue weighted by Crippen LogP contribution is -2.36. The lowest BCUT2D eigenvalue weighted by Gasteiger charge is -2.26. The van der Waals surface area contributed by atoms with Crippen molar-refractivity contribution < 1.29 is 8.42 Å². The molecule has 0 saturated heterocycles. The number of hydrogen-bond donors (Lipinski definition) is 1. The van der Waals surface area contributed by atoms with Gasteiger partial charge in [0, 0.05) is 11.5 Å². The van der Waals surface area contributed by atoms with E-state index in [4.69, 9.17) is 0 Å². The van der Waals surface area contributed by atoms with Gasteiger partial charge in [-0.15, -0.1) is 0 Å². The van der Waals surface area contributed by atoms with Crippen molar-refractivity contribution in [2.24, 2.45) is 0 Å². The van der Waals surface area contributed by atoms with Crippen molar-refractivity contribution in [3.63, 3.8) is 0 Å². The standard InChI is InChI=1S/C8H9BrN2O2S/c1-11-5-10-7-3-2-6(9)4-8(7)14(11,12)13/h2-4,10H,5H2,1H3. The quantitative estimate of drug-likeness (QED) is 0.781. The first-order valence-corrected chi connectivity index (χ1v) is 6.25. The van der Waals surface area contributed by atoms with Gasteiger partial charge < -0.3 is 5.32 Å². The molecular formula is C8H9BrN2O2S. The summed E-state index contributed by atoms with van der Waals surface area (Å²) in [5.74, 6) is 0. The second kappa shape index (κ2) is 3.22. The van der Waals surface area contributed by atoms with Crippen molar-refractivity contribution in [3.8, 4) is 0 Å². The van der Waals surface area contributed by atoms with Gasteiger partial charge in [0.25, 0.3) is 0 Å². The molecule has 0 radical (unpaired) electrons. The van der Waals surface area contributed by atoms with E-state index in [1.54, 1.807) is 19.2 Å². The third-order valence-corrected chi connectivity index (χ3v) is 4.46. The molecule has 0 aromatic heterocycles. The topological polar surface area (TPSA) is 49.4 Å². The Morgan fingerprint density at radius 3 is 2.93 bits per heavy atom. The Bertz CT molecular complexity index is 472. The van der Waals surface area contributed by atoms with E-state index in [2.05, 4.69) is 21.2 Å². The molecule has 1 aliphatic rings. The van der Waals surface area contributed by atoms with Gasteiger partial charge in [-0.2, -0.15) is 4.31 Å². The summed E-state index contributed by atoms with van der Waals surface area (Å²) in [6, 6.07) is 5.17. The number of nitrogens with one attached hydrogen (secondary N) is 1. The number of fused-ring (bicyclic) bond motifs is 1. The van der Waals surface area contributed by atoms with E-state index >= 15 is 0 Å². The fraction of sp³-hybridized carbons (Fsp3) is 0.250. The summed E-state index contributed by atoms with van der Waals surface area (Å²) >= 11 is 3.25. The van der Waals surface area contributed by atoms with Crippen LogP contribution in [0.3, 0.4) is 0 Å².